The fourth-order valence-corrected chi connectivity index (χ4v) is 3.04. The lowest BCUT2D eigenvalue weighted by Crippen LogP contribution is -2.71. The smallest absolute Gasteiger partial charge is 0.148 e. The first kappa shape index (κ1) is 10.7. The van der Waals surface area contributed by atoms with Crippen LogP contribution < -0.4 is 4.90 Å². The SMILES string of the molecule is CN1CC2(C1)CN(c1ccc(N=O)cc1F)C2. The van der Waals surface area contributed by atoms with Gasteiger partial charge in [-0.15, -0.1) is 4.91 Å². The van der Waals surface area contributed by atoms with E-state index in [0.29, 0.717) is 11.1 Å². The second-order valence-electron chi connectivity index (χ2n) is 5.26. The Kier molecular flexibility index (Phi) is 2.19. The number of benzene rings is 1. The van der Waals surface area contributed by atoms with Crippen LogP contribution in [0.1, 0.15) is 0 Å². The zero-order valence-electron chi connectivity index (χ0n) is 9.69. The van der Waals surface area contributed by atoms with Gasteiger partial charge in [-0.3, -0.25) is 0 Å². The van der Waals surface area contributed by atoms with Gasteiger partial charge in [0, 0.05) is 37.7 Å². The summed E-state index contributed by atoms with van der Waals surface area (Å²) in [7, 11) is 2.10. The monoisotopic (exact) mass is 235 g/mol. The summed E-state index contributed by atoms with van der Waals surface area (Å²) < 4.78 is 13.7. The third-order valence-corrected chi connectivity index (χ3v) is 3.64. The Bertz CT molecular complexity index is 463. The van der Waals surface area contributed by atoms with Crippen molar-refractivity contribution < 1.29 is 4.39 Å². The van der Waals surface area contributed by atoms with Crippen molar-refractivity contribution in [2.75, 3.05) is 38.1 Å². The second-order valence-corrected chi connectivity index (χ2v) is 5.26. The van der Waals surface area contributed by atoms with Crippen molar-refractivity contribution in [3.05, 3.63) is 28.9 Å². The maximum Gasteiger partial charge on any atom is 0.148 e. The average Bonchev–Trinajstić information content (AvgIpc) is 2.22. The fraction of sp³-hybridized carbons (Fsp3) is 0.500. The molecule has 3 rings (SSSR count). The van der Waals surface area contributed by atoms with Crippen LogP contribution in [0.5, 0.6) is 0 Å². The average molecular weight is 235 g/mol. The van der Waals surface area contributed by atoms with Gasteiger partial charge >= 0.3 is 0 Å². The number of halogens is 1. The lowest BCUT2D eigenvalue weighted by atomic mass is 9.73. The van der Waals surface area contributed by atoms with E-state index in [-0.39, 0.29) is 11.5 Å². The van der Waals surface area contributed by atoms with E-state index in [2.05, 4.69) is 17.1 Å². The van der Waals surface area contributed by atoms with Crippen molar-refractivity contribution in [1.82, 2.24) is 4.90 Å². The van der Waals surface area contributed by atoms with Crippen LogP contribution in [0.4, 0.5) is 15.8 Å². The number of hydrogen-bond donors (Lipinski definition) is 0. The van der Waals surface area contributed by atoms with Gasteiger partial charge in [-0.25, -0.2) is 4.39 Å². The molecule has 2 saturated heterocycles. The first-order valence-corrected chi connectivity index (χ1v) is 5.68. The highest BCUT2D eigenvalue weighted by Gasteiger charge is 2.50. The minimum Gasteiger partial charge on any atom is -0.368 e. The molecule has 0 amide bonds. The van der Waals surface area contributed by atoms with Gasteiger partial charge < -0.3 is 9.80 Å². The summed E-state index contributed by atoms with van der Waals surface area (Å²) in [6.45, 7) is 4.00. The molecule has 1 spiro atoms. The van der Waals surface area contributed by atoms with E-state index < -0.39 is 0 Å². The molecule has 0 unspecified atom stereocenters. The molecule has 2 aliphatic heterocycles. The van der Waals surface area contributed by atoms with Gasteiger partial charge in [-0.2, -0.15) is 0 Å². The number of nitroso groups, excluding NO2 is 1. The van der Waals surface area contributed by atoms with Gasteiger partial charge in [0.05, 0.1) is 5.69 Å². The maximum atomic E-state index is 13.7. The van der Waals surface area contributed by atoms with Crippen LogP contribution in [0.2, 0.25) is 0 Å². The minimum absolute atomic E-state index is 0.143. The van der Waals surface area contributed by atoms with Crippen LogP contribution in [0.25, 0.3) is 0 Å². The summed E-state index contributed by atoms with van der Waals surface area (Å²) in [6.07, 6.45) is 0. The third-order valence-electron chi connectivity index (χ3n) is 3.64. The molecule has 0 aliphatic carbocycles. The second kappa shape index (κ2) is 3.50. The summed E-state index contributed by atoms with van der Waals surface area (Å²) in [5.74, 6) is -0.357. The summed E-state index contributed by atoms with van der Waals surface area (Å²) in [4.78, 5) is 14.6. The van der Waals surface area contributed by atoms with Crippen molar-refractivity contribution in [3.63, 3.8) is 0 Å². The van der Waals surface area contributed by atoms with Gasteiger partial charge in [0.1, 0.15) is 11.5 Å². The molecule has 2 aliphatic rings. The maximum absolute atomic E-state index is 13.7. The largest absolute Gasteiger partial charge is 0.368 e. The molecule has 1 aromatic carbocycles. The van der Waals surface area contributed by atoms with E-state index in [9.17, 15) is 9.30 Å². The summed E-state index contributed by atoms with van der Waals surface area (Å²) in [5.41, 5.74) is 1.10. The van der Waals surface area contributed by atoms with Crippen LogP contribution in [0, 0.1) is 16.1 Å². The molecule has 2 fully saturated rings. The van der Waals surface area contributed by atoms with Gasteiger partial charge in [0.25, 0.3) is 0 Å². The molecular weight excluding hydrogens is 221 g/mol. The topological polar surface area (TPSA) is 35.9 Å². The Hall–Kier alpha value is -1.49. The summed E-state index contributed by atoms with van der Waals surface area (Å²) in [6, 6.07) is 4.39. The molecule has 17 heavy (non-hydrogen) atoms. The molecule has 0 N–H and O–H groups in total. The predicted molar refractivity (Wildman–Crippen MR) is 64.0 cm³/mol. The third kappa shape index (κ3) is 1.61. The van der Waals surface area contributed by atoms with Gasteiger partial charge in [-0.05, 0) is 24.4 Å². The molecule has 90 valence electrons. The Morgan fingerprint density at radius 2 is 2.00 bits per heavy atom. The number of rotatable bonds is 2. The van der Waals surface area contributed by atoms with Crippen LogP contribution in [-0.4, -0.2) is 38.1 Å². The van der Waals surface area contributed by atoms with E-state index in [1.165, 1.54) is 6.07 Å². The highest BCUT2D eigenvalue weighted by Crippen LogP contribution is 2.42. The molecule has 4 nitrogen and oxygen atoms in total. The molecule has 0 aromatic heterocycles. The molecule has 1 aromatic rings. The van der Waals surface area contributed by atoms with Crippen LogP contribution in [-0.2, 0) is 0 Å². The first-order chi connectivity index (χ1) is 8.12. The van der Waals surface area contributed by atoms with Crippen molar-refractivity contribution >= 4 is 11.4 Å². The van der Waals surface area contributed by atoms with Crippen molar-refractivity contribution in [2.45, 2.75) is 0 Å². The van der Waals surface area contributed by atoms with Crippen LogP contribution in [0.15, 0.2) is 23.4 Å². The van der Waals surface area contributed by atoms with E-state index in [4.69, 9.17) is 0 Å². The number of likely N-dealkylation sites (tertiary alicyclic amines) is 1. The Morgan fingerprint density at radius 3 is 2.53 bits per heavy atom. The summed E-state index contributed by atoms with van der Waals surface area (Å²) >= 11 is 0. The molecule has 0 atom stereocenters. The van der Waals surface area contributed by atoms with Crippen LogP contribution in [0.3, 0.4) is 0 Å². The van der Waals surface area contributed by atoms with E-state index >= 15 is 0 Å². The van der Waals surface area contributed by atoms with Crippen molar-refractivity contribution in [3.8, 4) is 0 Å². The zero-order chi connectivity index (χ0) is 12.0. The normalized spacial score (nSPS) is 22.1. The minimum atomic E-state index is -0.357. The zero-order valence-corrected chi connectivity index (χ0v) is 9.69. The molecule has 5 heteroatoms. The van der Waals surface area contributed by atoms with E-state index in [0.717, 1.165) is 26.2 Å². The standard InChI is InChI=1S/C12H14FN3O/c1-15-5-12(6-15)7-16(8-12)11-3-2-9(14-17)4-10(11)13/h2-4H,5-8H2,1H3. The van der Waals surface area contributed by atoms with Gasteiger partial charge in [0.15, 0.2) is 0 Å². The fourth-order valence-electron chi connectivity index (χ4n) is 3.04. The van der Waals surface area contributed by atoms with Crippen molar-refractivity contribution in [2.24, 2.45) is 10.6 Å². The highest BCUT2D eigenvalue weighted by molar-refractivity contribution is 5.56. The number of nitrogens with zero attached hydrogens (tertiary/aromatic N) is 3. The predicted octanol–water partition coefficient (Wildman–Crippen LogP) is 1.98. The van der Waals surface area contributed by atoms with Crippen molar-refractivity contribution in [1.29, 1.82) is 0 Å². The molecular formula is C12H14FN3O. The Balaban J connectivity index is 1.72. The molecule has 2 heterocycles. The molecule has 0 bridgehead atoms. The van der Waals surface area contributed by atoms with E-state index in [1.807, 2.05) is 4.90 Å². The van der Waals surface area contributed by atoms with Gasteiger partial charge in [0.2, 0.25) is 0 Å². The Labute approximate surface area is 99.0 Å². The number of hydrogen-bond acceptors (Lipinski definition) is 4. The van der Waals surface area contributed by atoms with Crippen LogP contribution >= 0.6 is 0 Å². The number of anilines is 1. The van der Waals surface area contributed by atoms with E-state index in [1.54, 1.807) is 12.1 Å². The Morgan fingerprint density at radius 1 is 1.29 bits per heavy atom. The summed E-state index contributed by atoms with van der Waals surface area (Å²) in [5, 5.41) is 2.73. The molecule has 0 radical (unpaired) electrons. The van der Waals surface area contributed by atoms with Gasteiger partial charge in [-0.1, -0.05) is 0 Å². The quantitative estimate of drug-likeness (QED) is 0.735. The first-order valence-electron chi connectivity index (χ1n) is 5.68. The molecule has 0 saturated carbocycles. The lowest BCUT2D eigenvalue weighted by molar-refractivity contribution is -0.00270. The lowest BCUT2D eigenvalue weighted by Gasteiger charge is -2.60. The highest BCUT2D eigenvalue weighted by atomic mass is 19.1.